The zero-order chi connectivity index (χ0) is 14.4. The van der Waals surface area contributed by atoms with Crippen molar-refractivity contribution in [3.63, 3.8) is 0 Å². The molecule has 2 rings (SSSR count). The minimum absolute atomic E-state index is 0.142. The van der Waals surface area contributed by atoms with E-state index in [2.05, 4.69) is 5.32 Å². The fourth-order valence-electron chi connectivity index (χ4n) is 2.57. The van der Waals surface area contributed by atoms with Gasteiger partial charge >= 0.3 is 12.1 Å². The number of carboxylic acids is 1. The van der Waals surface area contributed by atoms with E-state index in [1.165, 1.54) is 4.90 Å². The Morgan fingerprint density at radius 1 is 1.42 bits per heavy atom. The standard InChI is InChI=1S/C12H18N2O5/c1-11(2,3)19-10(18)14-5-12(6-14)4-7(15)13-8(12)9(16)17/h8H,4-6H2,1-3H3,(H,13,15)(H,16,17). The number of rotatable bonds is 1. The third kappa shape index (κ3) is 2.50. The number of carboxylic acid groups (broad SMARTS) is 1. The van der Waals surface area contributed by atoms with E-state index in [4.69, 9.17) is 9.84 Å². The van der Waals surface area contributed by atoms with E-state index in [9.17, 15) is 14.4 Å². The number of carbonyl (C=O) groups is 3. The van der Waals surface area contributed by atoms with Crippen LogP contribution < -0.4 is 5.32 Å². The highest BCUT2D eigenvalue weighted by Gasteiger charge is 2.59. The van der Waals surface area contributed by atoms with Crippen LogP contribution in [-0.2, 0) is 14.3 Å². The van der Waals surface area contributed by atoms with Crippen LogP contribution in [0.4, 0.5) is 4.79 Å². The summed E-state index contributed by atoms with van der Waals surface area (Å²) >= 11 is 0. The van der Waals surface area contributed by atoms with E-state index in [-0.39, 0.29) is 25.4 Å². The average Bonchev–Trinajstić information content (AvgIpc) is 2.50. The van der Waals surface area contributed by atoms with E-state index < -0.39 is 29.1 Å². The molecule has 0 aromatic heterocycles. The number of amides is 2. The van der Waals surface area contributed by atoms with Crippen LogP contribution in [-0.4, -0.2) is 52.7 Å². The summed E-state index contributed by atoms with van der Waals surface area (Å²) in [6.45, 7) is 5.76. The topological polar surface area (TPSA) is 95.9 Å². The zero-order valence-corrected chi connectivity index (χ0v) is 11.2. The summed E-state index contributed by atoms with van der Waals surface area (Å²) in [5.74, 6) is -1.34. The first-order valence-electron chi connectivity index (χ1n) is 6.13. The predicted molar refractivity (Wildman–Crippen MR) is 64.4 cm³/mol. The third-order valence-corrected chi connectivity index (χ3v) is 3.34. The first-order valence-corrected chi connectivity index (χ1v) is 6.13. The van der Waals surface area contributed by atoms with Gasteiger partial charge in [-0.25, -0.2) is 9.59 Å². The van der Waals surface area contributed by atoms with Crippen molar-refractivity contribution in [3.05, 3.63) is 0 Å². The molecule has 7 nitrogen and oxygen atoms in total. The molecule has 2 aliphatic heterocycles. The highest BCUT2D eigenvalue weighted by atomic mass is 16.6. The summed E-state index contributed by atoms with van der Waals surface area (Å²) in [7, 11) is 0. The van der Waals surface area contributed by atoms with Crippen molar-refractivity contribution in [2.24, 2.45) is 5.41 Å². The van der Waals surface area contributed by atoms with Crippen LogP contribution in [0, 0.1) is 5.41 Å². The highest BCUT2D eigenvalue weighted by Crippen LogP contribution is 2.41. The maximum Gasteiger partial charge on any atom is 0.410 e. The second-order valence-corrected chi connectivity index (χ2v) is 6.21. The van der Waals surface area contributed by atoms with Crippen molar-refractivity contribution < 1.29 is 24.2 Å². The third-order valence-electron chi connectivity index (χ3n) is 3.34. The van der Waals surface area contributed by atoms with Crippen molar-refractivity contribution in [2.45, 2.75) is 38.8 Å². The normalized spacial score (nSPS) is 24.9. The number of nitrogens with one attached hydrogen (secondary N) is 1. The second kappa shape index (κ2) is 4.11. The molecule has 0 aromatic rings. The van der Waals surface area contributed by atoms with Gasteiger partial charge in [0.25, 0.3) is 0 Å². The Morgan fingerprint density at radius 3 is 2.47 bits per heavy atom. The van der Waals surface area contributed by atoms with Gasteiger partial charge in [-0.15, -0.1) is 0 Å². The van der Waals surface area contributed by atoms with Gasteiger partial charge in [-0.05, 0) is 20.8 Å². The molecular formula is C12H18N2O5. The van der Waals surface area contributed by atoms with Crippen LogP contribution in [0.3, 0.4) is 0 Å². The summed E-state index contributed by atoms with van der Waals surface area (Å²) in [4.78, 5) is 35.7. The number of ether oxygens (including phenoxy) is 1. The van der Waals surface area contributed by atoms with Gasteiger partial charge in [-0.3, -0.25) is 4.79 Å². The molecule has 1 atom stereocenters. The summed E-state index contributed by atoms with van der Waals surface area (Å²) in [5.41, 5.74) is -1.27. The maximum atomic E-state index is 11.8. The van der Waals surface area contributed by atoms with Crippen molar-refractivity contribution >= 4 is 18.0 Å². The Bertz CT molecular complexity index is 434. The van der Waals surface area contributed by atoms with Gasteiger partial charge in [-0.1, -0.05) is 0 Å². The molecule has 106 valence electrons. The van der Waals surface area contributed by atoms with Crippen molar-refractivity contribution in [2.75, 3.05) is 13.1 Å². The van der Waals surface area contributed by atoms with Crippen molar-refractivity contribution in [1.82, 2.24) is 10.2 Å². The van der Waals surface area contributed by atoms with Crippen LogP contribution in [0.2, 0.25) is 0 Å². The largest absolute Gasteiger partial charge is 0.480 e. The zero-order valence-electron chi connectivity index (χ0n) is 11.2. The molecule has 0 aliphatic carbocycles. The molecule has 2 aliphatic rings. The molecule has 2 N–H and O–H groups in total. The smallest absolute Gasteiger partial charge is 0.410 e. The Morgan fingerprint density at radius 2 is 2.00 bits per heavy atom. The Labute approximate surface area is 110 Å². The summed E-state index contributed by atoms with van der Waals surface area (Å²) in [6.07, 6.45) is -0.329. The van der Waals surface area contributed by atoms with Crippen LogP contribution >= 0.6 is 0 Å². The molecular weight excluding hydrogens is 252 g/mol. The van der Waals surface area contributed by atoms with Gasteiger partial charge < -0.3 is 20.1 Å². The van der Waals surface area contributed by atoms with Gasteiger partial charge in [0.2, 0.25) is 5.91 Å². The van der Waals surface area contributed by atoms with Gasteiger partial charge in [-0.2, -0.15) is 0 Å². The minimum Gasteiger partial charge on any atom is -0.480 e. The lowest BCUT2D eigenvalue weighted by molar-refractivity contribution is -0.146. The molecule has 2 amide bonds. The molecule has 0 bridgehead atoms. The van der Waals surface area contributed by atoms with E-state index in [1.54, 1.807) is 20.8 Å². The van der Waals surface area contributed by atoms with Crippen molar-refractivity contribution in [3.8, 4) is 0 Å². The molecule has 7 heteroatoms. The van der Waals surface area contributed by atoms with Crippen LogP contribution in [0.1, 0.15) is 27.2 Å². The molecule has 0 aromatic carbocycles. The van der Waals surface area contributed by atoms with Gasteiger partial charge in [0.05, 0.1) is 0 Å². The van der Waals surface area contributed by atoms with Gasteiger partial charge in [0.1, 0.15) is 11.6 Å². The quantitative estimate of drug-likeness (QED) is 0.709. The molecule has 1 unspecified atom stereocenters. The lowest BCUT2D eigenvalue weighted by Crippen LogP contribution is -2.65. The Hall–Kier alpha value is -1.79. The maximum absolute atomic E-state index is 11.8. The number of hydrogen-bond donors (Lipinski definition) is 2. The number of aliphatic carboxylic acids is 1. The van der Waals surface area contributed by atoms with E-state index in [0.29, 0.717) is 0 Å². The van der Waals surface area contributed by atoms with E-state index >= 15 is 0 Å². The number of carbonyl (C=O) groups excluding carboxylic acids is 2. The molecule has 1 spiro atoms. The monoisotopic (exact) mass is 270 g/mol. The molecule has 2 saturated heterocycles. The molecule has 2 fully saturated rings. The lowest BCUT2D eigenvalue weighted by Gasteiger charge is -2.48. The molecule has 2 heterocycles. The highest BCUT2D eigenvalue weighted by molar-refractivity contribution is 5.90. The van der Waals surface area contributed by atoms with Crippen LogP contribution in [0.5, 0.6) is 0 Å². The number of hydrogen-bond acceptors (Lipinski definition) is 4. The summed E-state index contributed by atoms with van der Waals surface area (Å²) in [6, 6.07) is -0.918. The van der Waals surface area contributed by atoms with Crippen LogP contribution in [0.25, 0.3) is 0 Å². The SMILES string of the molecule is CC(C)(C)OC(=O)N1CC2(CC(=O)NC2C(=O)O)C1. The van der Waals surface area contributed by atoms with Crippen LogP contribution in [0.15, 0.2) is 0 Å². The molecule has 0 radical (unpaired) electrons. The molecule has 0 saturated carbocycles. The average molecular weight is 270 g/mol. The van der Waals surface area contributed by atoms with E-state index in [0.717, 1.165) is 0 Å². The first-order chi connectivity index (χ1) is 8.63. The fourth-order valence-corrected chi connectivity index (χ4v) is 2.57. The van der Waals surface area contributed by atoms with Crippen molar-refractivity contribution in [1.29, 1.82) is 0 Å². The first kappa shape index (κ1) is 13.6. The summed E-state index contributed by atoms with van der Waals surface area (Å²) in [5, 5.41) is 11.5. The lowest BCUT2D eigenvalue weighted by atomic mass is 9.73. The van der Waals surface area contributed by atoms with E-state index in [1.807, 2.05) is 0 Å². The Kier molecular flexibility index (Phi) is 2.95. The van der Waals surface area contributed by atoms with Gasteiger partial charge in [0, 0.05) is 24.9 Å². The van der Waals surface area contributed by atoms with Gasteiger partial charge in [0.15, 0.2) is 0 Å². The molecule has 19 heavy (non-hydrogen) atoms. The minimum atomic E-state index is -1.06. The Balaban J connectivity index is 1.99. The summed E-state index contributed by atoms with van der Waals surface area (Å²) < 4.78 is 5.20. The fraction of sp³-hybridized carbons (Fsp3) is 0.750. The number of nitrogens with zero attached hydrogens (tertiary/aromatic N) is 1. The predicted octanol–water partition coefficient (Wildman–Crippen LogP) is 0.197. The second-order valence-electron chi connectivity index (χ2n) is 6.21. The number of likely N-dealkylation sites (tertiary alicyclic amines) is 1.